The number of hydrogen-bond donors (Lipinski definition) is 2. The highest BCUT2D eigenvalue weighted by molar-refractivity contribution is 6.10. The zero-order valence-electron chi connectivity index (χ0n) is 16.7. The van der Waals surface area contributed by atoms with E-state index in [2.05, 4.69) is 10.6 Å². The van der Waals surface area contributed by atoms with Gasteiger partial charge in [-0.15, -0.1) is 0 Å². The van der Waals surface area contributed by atoms with Crippen LogP contribution in [-0.4, -0.2) is 30.9 Å². The molecule has 1 aliphatic heterocycles. The van der Waals surface area contributed by atoms with Crippen molar-refractivity contribution >= 4 is 34.8 Å². The minimum Gasteiger partial charge on any atom is -0.466 e. The monoisotopic (exact) mass is 411 g/mol. The number of nitrogens with zero attached hydrogens (tertiary/aromatic N) is 1. The van der Waals surface area contributed by atoms with Gasteiger partial charge in [-0.2, -0.15) is 0 Å². The number of nitrogens with one attached hydrogen (secondary N) is 2. The van der Waals surface area contributed by atoms with Crippen molar-refractivity contribution in [3.63, 3.8) is 0 Å². The van der Waals surface area contributed by atoms with Crippen molar-refractivity contribution < 1.29 is 23.5 Å². The molecule has 8 heteroatoms. The normalized spacial score (nSPS) is 13.0. The summed E-state index contributed by atoms with van der Waals surface area (Å²) < 4.78 is 19.0. The van der Waals surface area contributed by atoms with Crippen LogP contribution in [-0.2, 0) is 19.1 Å². The summed E-state index contributed by atoms with van der Waals surface area (Å²) in [5, 5.41) is 5.55. The lowest BCUT2D eigenvalue weighted by molar-refractivity contribution is -0.142. The van der Waals surface area contributed by atoms with Crippen molar-refractivity contribution in [3.05, 3.63) is 65.6 Å². The van der Waals surface area contributed by atoms with E-state index in [0.29, 0.717) is 17.1 Å². The fraction of sp³-hybridized carbons (Fsp3) is 0.227. The van der Waals surface area contributed by atoms with Crippen LogP contribution in [0.5, 0.6) is 0 Å². The minimum absolute atomic E-state index is 0.0397. The Bertz CT molecular complexity index is 1020. The summed E-state index contributed by atoms with van der Waals surface area (Å²) in [5.74, 6) is -2.05. The topological polar surface area (TPSA) is 87.7 Å². The second-order valence-corrected chi connectivity index (χ2v) is 6.75. The minimum atomic E-state index is -0.553. The number of fused-ring (bicyclic) bond motifs is 1. The van der Waals surface area contributed by atoms with E-state index in [4.69, 9.17) is 4.74 Å². The maximum Gasteiger partial charge on any atom is 0.311 e. The molecule has 0 aliphatic carbocycles. The molecule has 3 rings (SSSR count). The summed E-state index contributed by atoms with van der Waals surface area (Å²) in [4.78, 5) is 38.5. The van der Waals surface area contributed by atoms with E-state index in [-0.39, 0.29) is 25.3 Å². The molecule has 0 saturated carbocycles. The SMILES string of the molecule is CCOC(=O)CC1=CC(=O)N(CC(=O)Nc2ccc(C)cc2F)c2ccccc2N1. The van der Waals surface area contributed by atoms with Crippen LogP contribution in [0.3, 0.4) is 0 Å². The summed E-state index contributed by atoms with van der Waals surface area (Å²) in [6.45, 7) is 3.35. The van der Waals surface area contributed by atoms with Gasteiger partial charge in [-0.05, 0) is 43.7 Å². The third kappa shape index (κ3) is 5.02. The van der Waals surface area contributed by atoms with Gasteiger partial charge in [0, 0.05) is 11.8 Å². The Kier molecular flexibility index (Phi) is 6.46. The Hall–Kier alpha value is -3.68. The first-order chi connectivity index (χ1) is 14.4. The van der Waals surface area contributed by atoms with E-state index in [9.17, 15) is 18.8 Å². The highest BCUT2D eigenvalue weighted by Crippen LogP contribution is 2.30. The van der Waals surface area contributed by atoms with Crippen LogP contribution in [0.25, 0.3) is 0 Å². The summed E-state index contributed by atoms with van der Waals surface area (Å²) in [6.07, 6.45) is 1.15. The summed E-state index contributed by atoms with van der Waals surface area (Å²) in [6, 6.07) is 11.4. The summed E-state index contributed by atoms with van der Waals surface area (Å²) in [5.41, 5.74) is 2.16. The third-order valence-electron chi connectivity index (χ3n) is 4.39. The van der Waals surface area contributed by atoms with Crippen LogP contribution in [0.15, 0.2) is 54.2 Å². The average Bonchev–Trinajstić information content (AvgIpc) is 2.81. The Labute approximate surface area is 173 Å². The molecule has 2 amide bonds. The molecule has 0 aromatic heterocycles. The molecule has 1 heterocycles. The van der Waals surface area contributed by atoms with Crippen molar-refractivity contribution in [2.24, 2.45) is 0 Å². The largest absolute Gasteiger partial charge is 0.466 e. The number of hydrogen-bond acceptors (Lipinski definition) is 5. The van der Waals surface area contributed by atoms with Gasteiger partial charge in [0.15, 0.2) is 0 Å². The smallest absolute Gasteiger partial charge is 0.311 e. The molecule has 0 unspecified atom stereocenters. The van der Waals surface area contributed by atoms with Crippen molar-refractivity contribution in [3.8, 4) is 0 Å². The van der Waals surface area contributed by atoms with E-state index >= 15 is 0 Å². The number of anilines is 3. The maximum atomic E-state index is 14.0. The molecule has 30 heavy (non-hydrogen) atoms. The number of benzene rings is 2. The fourth-order valence-electron chi connectivity index (χ4n) is 3.05. The zero-order valence-corrected chi connectivity index (χ0v) is 16.7. The number of rotatable bonds is 6. The van der Waals surface area contributed by atoms with E-state index in [1.807, 2.05) is 0 Å². The highest BCUT2D eigenvalue weighted by Gasteiger charge is 2.25. The van der Waals surface area contributed by atoms with Crippen LogP contribution < -0.4 is 15.5 Å². The van der Waals surface area contributed by atoms with Crippen LogP contribution in [0.2, 0.25) is 0 Å². The zero-order chi connectivity index (χ0) is 21.7. The first kappa shape index (κ1) is 21.0. The van der Waals surface area contributed by atoms with Crippen LogP contribution >= 0.6 is 0 Å². The van der Waals surface area contributed by atoms with Gasteiger partial charge in [-0.3, -0.25) is 19.3 Å². The number of para-hydroxylation sites is 2. The Morgan fingerprint density at radius 2 is 1.97 bits per heavy atom. The molecule has 2 N–H and O–H groups in total. The Morgan fingerprint density at radius 3 is 2.70 bits per heavy atom. The molecule has 0 bridgehead atoms. The van der Waals surface area contributed by atoms with Crippen molar-refractivity contribution in [1.82, 2.24) is 0 Å². The molecule has 0 saturated heterocycles. The summed E-state index contributed by atoms with van der Waals surface area (Å²) >= 11 is 0. The predicted molar refractivity (Wildman–Crippen MR) is 112 cm³/mol. The fourth-order valence-corrected chi connectivity index (χ4v) is 3.05. The Balaban J connectivity index is 1.82. The van der Waals surface area contributed by atoms with Gasteiger partial charge in [0.1, 0.15) is 12.4 Å². The van der Waals surface area contributed by atoms with Crippen molar-refractivity contribution in [2.45, 2.75) is 20.3 Å². The molecular formula is C22H22FN3O4. The second kappa shape index (κ2) is 9.21. The lowest BCUT2D eigenvalue weighted by atomic mass is 10.2. The van der Waals surface area contributed by atoms with Gasteiger partial charge in [0.05, 0.1) is 30.1 Å². The molecule has 0 radical (unpaired) electrons. The molecular weight excluding hydrogens is 389 g/mol. The van der Waals surface area contributed by atoms with Crippen LogP contribution in [0.4, 0.5) is 21.5 Å². The Morgan fingerprint density at radius 1 is 1.20 bits per heavy atom. The van der Waals surface area contributed by atoms with E-state index < -0.39 is 23.6 Å². The number of ether oxygens (including phenoxy) is 1. The molecule has 2 aromatic rings. The summed E-state index contributed by atoms with van der Waals surface area (Å²) in [7, 11) is 0. The van der Waals surface area contributed by atoms with Crippen molar-refractivity contribution in [2.75, 3.05) is 28.7 Å². The average molecular weight is 411 g/mol. The molecule has 0 spiro atoms. The number of esters is 1. The van der Waals surface area contributed by atoms with Crippen LogP contribution in [0, 0.1) is 12.7 Å². The number of carbonyl (C=O) groups excluding carboxylic acids is 3. The molecule has 7 nitrogen and oxygen atoms in total. The second-order valence-electron chi connectivity index (χ2n) is 6.75. The predicted octanol–water partition coefficient (Wildman–Crippen LogP) is 3.37. The van der Waals surface area contributed by atoms with Gasteiger partial charge in [0.2, 0.25) is 5.91 Å². The van der Waals surface area contributed by atoms with Crippen LogP contribution in [0.1, 0.15) is 18.9 Å². The maximum absolute atomic E-state index is 14.0. The van der Waals surface area contributed by atoms with Gasteiger partial charge >= 0.3 is 5.97 Å². The quantitative estimate of drug-likeness (QED) is 0.712. The van der Waals surface area contributed by atoms with Gasteiger partial charge in [-0.25, -0.2) is 4.39 Å². The molecule has 0 fully saturated rings. The van der Waals surface area contributed by atoms with Gasteiger partial charge < -0.3 is 15.4 Å². The lowest BCUT2D eigenvalue weighted by Crippen LogP contribution is -2.37. The van der Waals surface area contributed by atoms with Gasteiger partial charge in [-0.1, -0.05) is 18.2 Å². The van der Waals surface area contributed by atoms with E-state index in [1.165, 1.54) is 23.1 Å². The first-order valence-corrected chi connectivity index (χ1v) is 9.47. The lowest BCUT2D eigenvalue weighted by Gasteiger charge is -2.21. The number of halogens is 1. The standard InChI is InChI=1S/C22H22FN3O4/c1-3-30-22(29)12-15-11-21(28)26(19-7-5-4-6-18(19)24-15)13-20(27)25-17-9-8-14(2)10-16(17)23/h4-11,24H,3,12-13H2,1-2H3,(H,25,27). The number of aryl methyl sites for hydroxylation is 1. The molecule has 1 aliphatic rings. The number of amides is 2. The molecule has 0 atom stereocenters. The van der Waals surface area contributed by atoms with Crippen molar-refractivity contribution in [1.29, 1.82) is 0 Å². The molecule has 156 valence electrons. The third-order valence-corrected chi connectivity index (χ3v) is 4.39. The number of carbonyl (C=O) groups is 3. The van der Waals surface area contributed by atoms with E-state index in [1.54, 1.807) is 44.2 Å². The van der Waals surface area contributed by atoms with Gasteiger partial charge in [0.25, 0.3) is 5.91 Å². The molecule has 2 aromatic carbocycles. The highest BCUT2D eigenvalue weighted by atomic mass is 19.1. The van der Waals surface area contributed by atoms with E-state index in [0.717, 1.165) is 5.56 Å². The first-order valence-electron chi connectivity index (χ1n) is 9.47.